The number of fused-ring (bicyclic) bond motifs is 2. The van der Waals surface area contributed by atoms with Crippen LogP contribution in [0.1, 0.15) is 34.6 Å². The van der Waals surface area contributed by atoms with Gasteiger partial charge in [0.05, 0.1) is 16.8 Å². The van der Waals surface area contributed by atoms with Crippen LogP contribution in [0, 0.1) is 0 Å². The van der Waals surface area contributed by atoms with E-state index >= 15 is 0 Å². The van der Waals surface area contributed by atoms with Gasteiger partial charge in [-0.15, -0.1) is 0 Å². The van der Waals surface area contributed by atoms with Crippen molar-refractivity contribution >= 4 is 40.9 Å². The van der Waals surface area contributed by atoms with E-state index in [0.717, 1.165) is 4.90 Å². The first-order chi connectivity index (χ1) is 16.3. The fraction of sp³-hybridized carbons (Fsp3) is 0.292. The highest BCUT2D eigenvalue weighted by Crippen LogP contribution is 2.34. The molecule has 176 valence electrons. The monoisotopic (exact) mass is 464 g/mol. The van der Waals surface area contributed by atoms with Crippen LogP contribution in [0.5, 0.6) is 5.75 Å². The van der Waals surface area contributed by atoms with Gasteiger partial charge in [-0.05, 0) is 44.2 Å². The first-order valence-electron chi connectivity index (χ1n) is 10.9. The number of anilines is 2. The van der Waals surface area contributed by atoms with E-state index in [1.165, 1.54) is 11.0 Å². The zero-order chi connectivity index (χ0) is 24.4. The van der Waals surface area contributed by atoms with Crippen LogP contribution in [0.15, 0.2) is 42.5 Å². The van der Waals surface area contributed by atoms with Gasteiger partial charge in [0.2, 0.25) is 11.8 Å². The molecule has 5 amide bonds. The molecule has 0 aromatic heterocycles. The van der Waals surface area contributed by atoms with E-state index in [-0.39, 0.29) is 36.1 Å². The Labute approximate surface area is 196 Å². The predicted octanol–water partition coefficient (Wildman–Crippen LogP) is 1.52. The van der Waals surface area contributed by atoms with Crippen molar-refractivity contribution in [3.05, 3.63) is 53.6 Å². The maximum atomic E-state index is 12.6. The van der Waals surface area contributed by atoms with Crippen LogP contribution in [-0.2, 0) is 14.4 Å². The van der Waals surface area contributed by atoms with Crippen molar-refractivity contribution in [3.8, 4) is 5.75 Å². The minimum atomic E-state index is -0.580. The summed E-state index contributed by atoms with van der Waals surface area (Å²) < 4.78 is 5.47. The largest absolute Gasteiger partial charge is 0.482 e. The van der Waals surface area contributed by atoms with Gasteiger partial charge in [0.1, 0.15) is 18.8 Å². The van der Waals surface area contributed by atoms with E-state index in [9.17, 15) is 24.0 Å². The number of imide groups is 1. The number of ether oxygens (including phenoxy) is 1. The van der Waals surface area contributed by atoms with Crippen LogP contribution < -0.4 is 15.0 Å². The first-order valence-corrected chi connectivity index (χ1v) is 10.9. The Morgan fingerprint density at radius 2 is 1.59 bits per heavy atom. The number of benzene rings is 2. The van der Waals surface area contributed by atoms with E-state index in [1.807, 2.05) is 13.8 Å². The molecule has 2 heterocycles. The van der Waals surface area contributed by atoms with Gasteiger partial charge < -0.3 is 15.0 Å². The normalized spacial score (nSPS) is 14.5. The van der Waals surface area contributed by atoms with Crippen molar-refractivity contribution in [3.63, 3.8) is 0 Å². The van der Waals surface area contributed by atoms with Crippen molar-refractivity contribution in [1.82, 2.24) is 9.80 Å². The quantitative estimate of drug-likeness (QED) is 0.621. The van der Waals surface area contributed by atoms with Gasteiger partial charge >= 0.3 is 0 Å². The summed E-state index contributed by atoms with van der Waals surface area (Å²) in [6.07, 6.45) is 0. The molecule has 2 aliphatic rings. The molecule has 0 aliphatic carbocycles. The Bertz CT molecular complexity index is 1150. The number of nitrogens with one attached hydrogen (secondary N) is 1. The molecule has 0 saturated heterocycles. The van der Waals surface area contributed by atoms with Crippen molar-refractivity contribution in [2.24, 2.45) is 0 Å². The number of amides is 5. The standard InChI is InChI=1S/C24H24N4O6/c1-3-26(4-2)21(30)13-27-18-11-15(9-10-19(18)34-14-22(27)31)25-20(29)12-28-23(32)16-7-5-6-8-17(16)24(28)33/h5-11H,3-4,12-14H2,1-2H3,(H,25,29). The molecule has 0 saturated carbocycles. The van der Waals surface area contributed by atoms with E-state index in [2.05, 4.69) is 5.32 Å². The molecule has 10 nitrogen and oxygen atoms in total. The van der Waals surface area contributed by atoms with E-state index in [4.69, 9.17) is 4.74 Å². The fourth-order valence-electron chi connectivity index (χ4n) is 3.99. The molecule has 2 aliphatic heterocycles. The smallest absolute Gasteiger partial charge is 0.265 e. The van der Waals surface area contributed by atoms with Crippen LogP contribution in [0.25, 0.3) is 0 Å². The Hall–Kier alpha value is -4.21. The number of rotatable bonds is 7. The van der Waals surface area contributed by atoms with Crippen molar-refractivity contribution < 1.29 is 28.7 Å². The second-order valence-corrected chi connectivity index (χ2v) is 7.81. The summed E-state index contributed by atoms with van der Waals surface area (Å²) in [4.78, 5) is 66.6. The summed E-state index contributed by atoms with van der Waals surface area (Å²) in [5.41, 5.74) is 1.21. The Morgan fingerprint density at radius 3 is 2.21 bits per heavy atom. The minimum absolute atomic E-state index is 0.149. The van der Waals surface area contributed by atoms with Gasteiger partial charge in [0, 0.05) is 18.8 Å². The molecule has 10 heteroatoms. The van der Waals surface area contributed by atoms with Gasteiger partial charge in [-0.1, -0.05) is 12.1 Å². The molecule has 2 aromatic rings. The lowest BCUT2D eigenvalue weighted by Crippen LogP contribution is -2.46. The maximum Gasteiger partial charge on any atom is 0.265 e. The lowest BCUT2D eigenvalue weighted by molar-refractivity contribution is -0.131. The number of nitrogens with zero attached hydrogens (tertiary/aromatic N) is 3. The third kappa shape index (κ3) is 4.21. The number of carbonyl (C=O) groups excluding carboxylic acids is 5. The Balaban J connectivity index is 1.49. The van der Waals surface area contributed by atoms with Gasteiger partial charge in [-0.3, -0.25) is 33.8 Å². The highest BCUT2D eigenvalue weighted by atomic mass is 16.5. The van der Waals surface area contributed by atoms with Crippen molar-refractivity contribution in [1.29, 1.82) is 0 Å². The van der Waals surface area contributed by atoms with Crippen LogP contribution in [0.2, 0.25) is 0 Å². The average molecular weight is 464 g/mol. The predicted molar refractivity (Wildman–Crippen MR) is 123 cm³/mol. The molecule has 0 atom stereocenters. The lowest BCUT2D eigenvalue weighted by Gasteiger charge is -2.31. The molecule has 0 spiro atoms. The summed E-state index contributed by atoms with van der Waals surface area (Å²) in [6, 6.07) is 11.1. The summed E-state index contributed by atoms with van der Waals surface area (Å²) in [5, 5.41) is 2.65. The average Bonchev–Trinajstić information content (AvgIpc) is 3.07. The molecule has 0 unspecified atom stereocenters. The van der Waals surface area contributed by atoms with Gasteiger partial charge in [0.15, 0.2) is 6.61 Å². The van der Waals surface area contributed by atoms with Gasteiger partial charge in [-0.25, -0.2) is 0 Å². The molecular formula is C24H24N4O6. The molecule has 4 rings (SSSR count). The number of carbonyl (C=O) groups is 5. The SMILES string of the molecule is CCN(CC)C(=O)CN1C(=O)COc2ccc(NC(=O)CN3C(=O)c4ccccc4C3=O)cc21. The molecule has 1 N–H and O–H groups in total. The molecule has 0 radical (unpaired) electrons. The zero-order valence-corrected chi connectivity index (χ0v) is 18.9. The van der Waals surface area contributed by atoms with Crippen LogP contribution in [-0.4, -0.2) is 72.1 Å². The summed E-state index contributed by atoms with van der Waals surface area (Å²) >= 11 is 0. The van der Waals surface area contributed by atoms with Crippen molar-refractivity contribution in [2.75, 3.05) is 43.0 Å². The highest BCUT2D eigenvalue weighted by Gasteiger charge is 2.36. The number of hydrogen-bond donors (Lipinski definition) is 1. The van der Waals surface area contributed by atoms with Crippen molar-refractivity contribution in [2.45, 2.75) is 13.8 Å². The third-order valence-electron chi connectivity index (χ3n) is 5.78. The number of hydrogen-bond acceptors (Lipinski definition) is 6. The fourth-order valence-corrected chi connectivity index (χ4v) is 3.99. The molecule has 2 aromatic carbocycles. The molecule has 0 bridgehead atoms. The minimum Gasteiger partial charge on any atom is -0.482 e. The summed E-state index contributed by atoms with van der Waals surface area (Å²) in [5.74, 6) is -1.80. The molecule has 0 fully saturated rings. The molecule has 34 heavy (non-hydrogen) atoms. The summed E-state index contributed by atoms with van der Waals surface area (Å²) in [7, 11) is 0. The van der Waals surface area contributed by atoms with E-state index in [0.29, 0.717) is 30.2 Å². The zero-order valence-electron chi connectivity index (χ0n) is 18.9. The second-order valence-electron chi connectivity index (χ2n) is 7.81. The third-order valence-corrected chi connectivity index (χ3v) is 5.78. The lowest BCUT2D eigenvalue weighted by atomic mass is 10.1. The van der Waals surface area contributed by atoms with E-state index < -0.39 is 24.3 Å². The van der Waals surface area contributed by atoms with Crippen LogP contribution >= 0.6 is 0 Å². The second kappa shape index (κ2) is 9.34. The van der Waals surface area contributed by atoms with E-state index in [1.54, 1.807) is 41.3 Å². The maximum absolute atomic E-state index is 12.6. The Kier molecular flexibility index (Phi) is 6.31. The van der Waals surface area contributed by atoms with Crippen LogP contribution in [0.3, 0.4) is 0 Å². The van der Waals surface area contributed by atoms with Gasteiger partial charge in [0.25, 0.3) is 17.7 Å². The van der Waals surface area contributed by atoms with Crippen LogP contribution in [0.4, 0.5) is 11.4 Å². The Morgan fingerprint density at radius 1 is 0.941 bits per heavy atom. The highest BCUT2D eigenvalue weighted by molar-refractivity contribution is 6.22. The first kappa shape index (κ1) is 23.0. The molecular weight excluding hydrogens is 440 g/mol. The topological polar surface area (TPSA) is 116 Å². The summed E-state index contributed by atoms with van der Waals surface area (Å²) in [6.45, 7) is 3.97. The van der Waals surface area contributed by atoms with Gasteiger partial charge in [-0.2, -0.15) is 0 Å². The number of likely N-dealkylation sites (N-methyl/N-ethyl adjacent to an activating group) is 1.